The molecule has 0 radical (unpaired) electrons. The van der Waals surface area contributed by atoms with Gasteiger partial charge in [-0.15, -0.1) is 11.3 Å². The average Bonchev–Trinajstić information content (AvgIpc) is 3.50. The first-order chi connectivity index (χ1) is 17.7. The second-order valence-electron chi connectivity index (χ2n) is 9.82. The lowest BCUT2D eigenvalue weighted by Crippen LogP contribution is -2.68. The van der Waals surface area contributed by atoms with E-state index in [0.717, 1.165) is 28.1 Å². The van der Waals surface area contributed by atoms with Gasteiger partial charge in [-0.05, 0) is 27.5 Å². The number of rotatable bonds is 6. The Bertz CT molecular complexity index is 1520. The van der Waals surface area contributed by atoms with Crippen LogP contribution in [0.25, 0.3) is 16.0 Å². The topological polar surface area (TPSA) is 73.6 Å². The van der Waals surface area contributed by atoms with Crippen molar-refractivity contribution < 1.29 is 19.1 Å². The van der Waals surface area contributed by atoms with Crippen molar-refractivity contribution in [1.29, 1.82) is 0 Å². The summed E-state index contributed by atoms with van der Waals surface area (Å²) in [5.41, 5.74) is 1.59. The van der Waals surface area contributed by atoms with E-state index < -0.39 is 14.3 Å². The van der Waals surface area contributed by atoms with Gasteiger partial charge in [0.25, 0.3) is 0 Å². The Morgan fingerprint density at radius 1 is 0.946 bits per heavy atom. The van der Waals surface area contributed by atoms with Gasteiger partial charge in [-0.3, -0.25) is 4.57 Å². The fourth-order valence-corrected chi connectivity index (χ4v) is 10.1. The third kappa shape index (κ3) is 4.32. The summed E-state index contributed by atoms with van der Waals surface area (Å²) in [6.45, 7) is 6.73. The number of aromatic hydroxyl groups is 1. The maximum atomic E-state index is 12.0. The smallest absolute Gasteiger partial charge is 0.351 e. The van der Waals surface area contributed by atoms with Gasteiger partial charge in [0.1, 0.15) is 22.8 Å². The van der Waals surface area contributed by atoms with Gasteiger partial charge in [0.2, 0.25) is 0 Å². The second kappa shape index (κ2) is 9.53. The number of fused-ring (bicyclic) bond motifs is 1. The zero-order valence-corrected chi connectivity index (χ0v) is 23.0. The summed E-state index contributed by atoms with van der Waals surface area (Å²) >= 11 is 1.15. The lowest BCUT2D eigenvalue weighted by atomic mass is 10.2. The molecular formula is C29H28N2O4SSi. The Hall–Kier alpha value is -3.88. The molecule has 2 heterocycles. The summed E-state index contributed by atoms with van der Waals surface area (Å²) in [5, 5.41) is 13.1. The zero-order chi connectivity index (χ0) is 26.2. The van der Waals surface area contributed by atoms with Crippen LogP contribution in [0.2, 0.25) is 5.04 Å². The van der Waals surface area contributed by atoms with Crippen molar-refractivity contribution in [3.63, 3.8) is 0 Å². The number of imidazole rings is 1. The summed E-state index contributed by atoms with van der Waals surface area (Å²) in [6.07, 6.45) is 1.68. The molecule has 0 spiro atoms. The van der Waals surface area contributed by atoms with Crippen molar-refractivity contribution >= 4 is 47.0 Å². The minimum atomic E-state index is -2.77. The van der Waals surface area contributed by atoms with Crippen LogP contribution < -0.4 is 14.8 Å². The average molecular weight is 529 g/mol. The minimum absolute atomic E-state index is 0.111. The highest BCUT2D eigenvalue weighted by molar-refractivity contribution is 7.16. The number of aromatic nitrogens is 2. The predicted octanol–water partition coefficient (Wildman–Crippen LogP) is 5.52. The summed E-state index contributed by atoms with van der Waals surface area (Å²) < 4.78 is 13.7. The number of carbonyl (C=O) groups excluding carboxylic acids is 1. The number of hydrogen-bond acceptors (Lipinski definition) is 6. The van der Waals surface area contributed by atoms with Crippen molar-refractivity contribution in [3.05, 3.63) is 96.1 Å². The molecular weight excluding hydrogens is 500 g/mol. The summed E-state index contributed by atoms with van der Waals surface area (Å²) in [7, 11) is -1.48. The molecule has 0 saturated heterocycles. The molecule has 5 rings (SSSR count). The van der Waals surface area contributed by atoms with Gasteiger partial charge in [-0.1, -0.05) is 81.4 Å². The molecule has 2 aromatic heterocycles. The van der Waals surface area contributed by atoms with Crippen LogP contribution in [0, 0.1) is 0 Å². The number of carbonyl (C=O) groups is 1. The van der Waals surface area contributed by atoms with Crippen LogP contribution in [0.3, 0.4) is 0 Å². The first-order valence-electron chi connectivity index (χ1n) is 11.9. The van der Waals surface area contributed by atoms with Crippen LogP contribution >= 0.6 is 11.3 Å². The quantitative estimate of drug-likeness (QED) is 0.232. The number of ether oxygens (including phenoxy) is 1. The third-order valence-electron chi connectivity index (χ3n) is 6.51. The molecule has 0 bridgehead atoms. The van der Waals surface area contributed by atoms with E-state index in [2.05, 4.69) is 74.3 Å². The maximum Gasteiger partial charge on any atom is 0.351 e. The number of thiophene rings is 1. The third-order valence-corrected chi connectivity index (χ3v) is 12.6. The number of benzene rings is 3. The second-order valence-corrected chi connectivity index (χ2v) is 15.1. The molecule has 0 saturated carbocycles. The first kappa shape index (κ1) is 24.8. The lowest BCUT2D eigenvalue weighted by Gasteiger charge is -2.43. The molecule has 0 atom stereocenters. The largest absolute Gasteiger partial charge is 0.534 e. The summed E-state index contributed by atoms with van der Waals surface area (Å²) in [4.78, 5) is 16.7. The Labute approximate surface area is 220 Å². The van der Waals surface area contributed by atoms with E-state index in [0.29, 0.717) is 5.00 Å². The van der Waals surface area contributed by atoms with Crippen LogP contribution in [0.15, 0.2) is 91.3 Å². The molecule has 0 unspecified atom stereocenters. The molecule has 0 fully saturated rings. The Morgan fingerprint density at radius 3 is 2.14 bits per heavy atom. The Kier molecular flexibility index (Phi) is 6.39. The van der Waals surface area contributed by atoms with Crippen LogP contribution in [-0.2, 0) is 4.74 Å². The fraction of sp³-hybridized carbons (Fsp3) is 0.172. The molecule has 0 amide bonds. The molecule has 0 aliphatic rings. The molecule has 188 valence electrons. The maximum absolute atomic E-state index is 12.0. The van der Waals surface area contributed by atoms with Crippen LogP contribution in [0.1, 0.15) is 30.4 Å². The molecule has 6 nitrogen and oxygen atoms in total. The van der Waals surface area contributed by atoms with E-state index in [-0.39, 0.29) is 15.7 Å². The van der Waals surface area contributed by atoms with Crippen LogP contribution in [0.5, 0.6) is 11.5 Å². The number of methoxy groups -OCH3 is 1. The highest BCUT2D eigenvalue weighted by Gasteiger charge is 2.52. The molecule has 3 aromatic carbocycles. The highest BCUT2D eigenvalue weighted by Crippen LogP contribution is 2.39. The van der Waals surface area contributed by atoms with Crippen molar-refractivity contribution in [2.45, 2.75) is 25.8 Å². The summed E-state index contributed by atoms with van der Waals surface area (Å²) in [6, 6.07) is 28.4. The summed E-state index contributed by atoms with van der Waals surface area (Å²) in [5.74, 6) is 0.0656. The van der Waals surface area contributed by atoms with Crippen molar-refractivity contribution in [2.75, 3.05) is 7.11 Å². The molecule has 8 heteroatoms. The van der Waals surface area contributed by atoms with Crippen molar-refractivity contribution in [2.24, 2.45) is 0 Å². The molecule has 1 N–H and O–H groups in total. The van der Waals surface area contributed by atoms with Crippen molar-refractivity contribution in [1.82, 2.24) is 9.55 Å². The standard InChI is InChI=1S/C29H28N2O4SSi/c1-29(2,3)37(21-11-7-5-8-12-21,22-13-9-6-10-14-22)35-20-15-16-24-23(17-20)30-19-31(24)26-18-25(32)27(36-26)28(33)34-4/h5-19,32H,1-4H3. The fourth-order valence-electron chi connectivity index (χ4n) is 4.78. The van der Waals surface area contributed by atoms with Crippen LogP contribution in [-0.4, -0.2) is 36.1 Å². The van der Waals surface area contributed by atoms with Gasteiger partial charge >= 0.3 is 14.3 Å². The monoisotopic (exact) mass is 528 g/mol. The molecule has 5 aromatic rings. The zero-order valence-electron chi connectivity index (χ0n) is 21.1. The predicted molar refractivity (Wildman–Crippen MR) is 150 cm³/mol. The Balaban J connectivity index is 1.60. The molecule has 0 aliphatic heterocycles. The highest BCUT2D eigenvalue weighted by atomic mass is 32.1. The van der Waals surface area contributed by atoms with E-state index in [1.807, 2.05) is 34.9 Å². The molecule has 0 aliphatic carbocycles. The number of esters is 1. The SMILES string of the molecule is COC(=O)c1sc(-n2cnc3cc(O[Si](c4ccccc4)(c4ccccc4)C(C)(C)C)ccc32)cc1O. The van der Waals surface area contributed by atoms with Gasteiger partial charge in [-0.2, -0.15) is 0 Å². The number of nitrogens with zero attached hydrogens (tertiary/aromatic N) is 2. The van der Waals surface area contributed by atoms with Gasteiger partial charge in [-0.25, -0.2) is 9.78 Å². The van der Waals surface area contributed by atoms with E-state index in [1.165, 1.54) is 17.5 Å². The lowest BCUT2D eigenvalue weighted by molar-refractivity contribution is 0.0603. The first-order valence-corrected chi connectivity index (χ1v) is 14.7. The van der Waals surface area contributed by atoms with E-state index >= 15 is 0 Å². The van der Waals surface area contributed by atoms with Crippen LogP contribution in [0.4, 0.5) is 0 Å². The van der Waals surface area contributed by atoms with E-state index in [1.54, 1.807) is 12.4 Å². The minimum Gasteiger partial charge on any atom is -0.534 e. The molecule has 37 heavy (non-hydrogen) atoms. The van der Waals surface area contributed by atoms with Gasteiger partial charge in [0.15, 0.2) is 4.88 Å². The normalized spacial score (nSPS) is 12.0. The number of hydrogen-bond donors (Lipinski definition) is 1. The van der Waals surface area contributed by atoms with Crippen molar-refractivity contribution in [3.8, 4) is 16.5 Å². The van der Waals surface area contributed by atoms with Gasteiger partial charge in [0, 0.05) is 12.1 Å². The van der Waals surface area contributed by atoms with E-state index in [9.17, 15) is 9.90 Å². The van der Waals surface area contributed by atoms with E-state index in [4.69, 9.17) is 9.16 Å². The van der Waals surface area contributed by atoms with Gasteiger partial charge in [0.05, 0.1) is 18.1 Å². The van der Waals surface area contributed by atoms with Gasteiger partial charge < -0.3 is 14.3 Å². The Morgan fingerprint density at radius 2 is 1.57 bits per heavy atom.